The Morgan fingerprint density at radius 2 is 2.14 bits per heavy atom. The third-order valence-electron chi connectivity index (χ3n) is 2.54. The number of nitrogens with zero attached hydrogens (tertiary/aromatic N) is 1. The lowest BCUT2D eigenvalue weighted by molar-refractivity contribution is 0.0845. The summed E-state index contributed by atoms with van der Waals surface area (Å²) in [6, 6.07) is 2.02. The maximum atomic E-state index is 5.68. The SMILES string of the molecule is Nc1cnc(C2CCOCC2)cc1Br. The molecule has 1 fully saturated rings. The van der Waals surface area contributed by atoms with Crippen LogP contribution in [-0.2, 0) is 4.74 Å². The van der Waals surface area contributed by atoms with Gasteiger partial charge in [-0.1, -0.05) is 0 Å². The number of ether oxygens (including phenoxy) is 1. The van der Waals surface area contributed by atoms with Crippen LogP contribution < -0.4 is 5.73 Å². The lowest BCUT2D eigenvalue weighted by atomic mass is 9.96. The maximum Gasteiger partial charge on any atom is 0.0645 e. The van der Waals surface area contributed by atoms with Gasteiger partial charge >= 0.3 is 0 Å². The van der Waals surface area contributed by atoms with E-state index in [2.05, 4.69) is 20.9 Å². The highest BCUT2D eigenvalue weighted by Crippen LogP contribution is 2.28. The normalized spacial score (nSPS) is 18.4. The van der Waals surface area contributed by atoms with Crippen molar-refractivity contribution in [2.24, 2.45) is 0 Å². The predicted octanol–water partition coefficient (Wildman–Crippen LogP) is 2.32. The van der Waals surface area contributed by atoms with E-state index in [9.17, 15) is 0 Å². The molecule has 1 aliphatic heterocycles. The Hall–Kier alpha value is -0.610. The number of rotatable bonds is 1. The van der Waals surface area contributed by atoms with Gasteiger partial charge in [-0.05, 0) is 34.8 Å². The average molecular weight is 257 g/mol. The van der Waals surface area contributed by atoms with Crippen LogP contribution in [0.1, 0.15) is 24.5 Å². The fraction of sp³-hybridized carbons (Fsp3) is 0.500. The summed E-state index contributed by atoms with van der Waals surface area (Å²) in [5.74, 6) is 0.528. The van der Waals surface area contributed by atoms with E-state index < -0.39 is 0 Å². The summed E-state index contributed by atoms with van der Waals surface area (Å²) in [4.78, 5) is 4.35. The summed E-state index contributed by atoms with van der Waals surface area (Å²) in [5.41, 5.74) is 7.50. The summed E-state index contributed by atoms with van der Waals surface area (Å²) in [7, 11) is 0. The number of halogens is 1. The Morgan fingerprint density at radius 3 is 2.79 bits per heavy atom. The molecule has 1 aromatic heterocycles. The number of hydrogen-bond acceptors (Lipinski definition) is 3. The van der Waals surface area contributed by atoms with E-state index in [4.69, 9.17) is 10.5 Å². The zero-order valence-corrected chi connectivity index (χ0v) is 9.46. The summed E-state index contributed by atoms with van der Waals surface area (Å²) in [5, 5.41) is 0. The third kappa shape index (κ3) is 2.07. The molecule has 2 heterocycles. The molecule has 1 saturated heterocycles. The highest BCUT2D eigenvalue weighted by molar-refractivity contribution is 9.10. The summed E-state index contributed by atoms with van der Waals surface area (Å²) in [6.45, 7) is 1.68. The second-order valence-corrected chi connectivity index (χ2v) is 4.37. The van der Waals surface area contributed by atoms with Gasteiger partial charge in [-0.3, -0.25) is 4.98 Å². The Labute approximate surface area is 91.8 Å². The Bertz CT molecular complexity index is 324. The van der Waals surface area contributed by atoms with Crippen LogP contribution in [0.3, 0.4) is 0 Å². The van der Waals surface area contributed by atoms with Crippen molar-refractivity contribution < 1.29 is 4.74 Å². The standard InChI is InChI=1S/C10H13BrN2O/c11-8-5-10(13-6-9(8)12)7-1-3-14-4-2-7/h5-7H,1-4,12H2. The van der Waals surface area contributed by atoms with E-state index in [0.717, 1.165) is 36.2 Å². The van der Waals surface area contributed by atoms with Gasteiger partial charge in [0.05, 0.1) is 11.9 Å². The van der Waals surface area contributed by atoms with Gasteiger partial charge in [-0.25, -0.2) is 0 Å². The van der Waals surface area contributed by atoms with Gasteiger partial charge in [-0.2, -0.15) is 0 Å². The summed E-state index contributed by atoms with van der Waals surface area (Å²) in [6.07, 6.45) is 3.83. The molecule has 0 spiro atoms. The second kappa shape index (κ2) is 4.28. The molecular formula is C10H13BrN2O. The molecule has 4 heteroatoms. The van der Waals surface area contributed by atoms with Crippen molar-refractivity contribution in [3.8, 4) is 0 Å². The van der Waals surface area contributed by atoms with Crippen molar-refractivity contribution in [1.82, 2.24) is 4.98 Å². The third-order valence-corrected chi connectivity index (χ3v) is 3.23. The Balaban J connectivity index is 2.18. The molecule has 0 aliphatic carbocycles. The maximum absolute atomic E-state index is 5.68. The number of nitrogens with two attached hydrogens (primary N) is 1. The molecule has 0 amide bonds. The molecule has 2 N–H and O–H groups in total. The highest BCUT2D eigenvalue weighted by Gasteiger charge is 2.17. The molecule has 2 rings (SSSR count). The van der Waals surface area contributed by atoms with E-state index in [0.29, 0.717) is 11.6 Å². The van der Waals surface area contributed by atoms with E-state index in [1.807, 2.05) is 6.07 Å². The number of nitrogen functional groups attached to an aromatic ring is 1. The first-order chi connectivity index (χ1) is 6.77. The van der Waals surface area contributed by atoms with Crippen molar-refractivity contribution in [1.29, 1.82) is 0 Å². The van der Waals surface area contributed by atoms with Gasteiger partial charge in [0.15, 0.2) is 0 Å². The highest BCUT2D eigenvalue weighted by atomic mass is 79.9. The zero-order chi connectivity index (χ0) is 9.97. The van der Waals surface area contributed by atoms with E-state index in [1.165, 1.54) is 0 Å². The lowest BCUT2D eigenvalue weighted by Gasteiger charge is -2.21. The predicted molar refractivity (Wildman–Crippen MR) is 59.1 cm³/mol. The van der Waals surface area contributed by atoms with Crippen LogP contribution in [0.25, 0.3) is 0 Å². The molecule has 0 radical (unpaired) electrons. The molecular weight excluding hydrogens is 244 g/mol. The van der Waals surface area contributed by atoms with Crippen LogP contribution in [0.15, 0.2) is 16.7 Å². The fourth-order valence-electron chi connectivity index (χ4n) is 1.67. The average Bonchev–Trinajstić information content (AvgIpc) is 2.23. The smallest absolute Gasteiger partial charge is 0.0645 e. The zero-order valence-electron chi connectivity index (χ0n) is 7.87. The Kier molecular flexibility index (Phi) is 3.03. The van der Waals surface area contributed by atoms with Gasteiger partial charge in [0.1, 0.15) is 0 Å². The molecule has 1 aliphatic rings. The van der Waals surface area contributed by atoms with Crippen LogP contribution in [-0.4, -0.2) is 18.2 Å². The topological polar surface area (TPSA) is 48.1 Å². The molecule has 0 atom stereocenters. The number of pyridine rings is 1. The fourth-order valence-corrected chi connectivity index (χ4v) is 2.01. The summed E-state index contributed by atoms with van der Waals surface area (Å²) >= 11 is 3.42. The van der Waals surface area contributed by atoms with Gasteiger partial charge < -0.3 is 10.5 Å². The Morgan fingerprint density at radius 1 is 1.43 bits per heavy atom. The first kappa shape index (κ1) is 9.93. The number of aromatic nitrogens is 1. The molecule has 3 nitrogen and oxygen atoms in total. The minimum absolute atomic E-state index is 0.528. The van der Waals surface area contributed by atoms with Crippen LogP contribution in [0.2, 0.25) is 0 Å². The van der Waals surface area contributed by atoms with Crippen molar-refractivity contribution in [2.45, 2.75) is 18.8 Å². The molecule has 0 unspecified atom stereocenters. The summed E-state index contributed by atoms with van der Waals surface area (Å²) < 4.78 is 6.25. The second-order valence-electron chi connectivity index (χ2n) is 3.52. The molecule has 0 aromatic carbocycles. The minimum atomic E-state index is 0.528. The lowest BCUT2D eigenvalue weighted by Crippen LogP contribution is -2.15. The van der Waals surface area contributed by atoms with Crippen molar-refractivity contribution >= 4 is 21.6 Å². The van der Waals surface area contributed by atoms with Crippen LogP contribution >= 0.6 is 15.9 Å². The number of hydrogen-bond donors (Lipinski definition) is 1. The molecule has 14 heavy (non-hydrogen) atoms. The van der Waals surface area contributed by atoms with Crippen LogP contribution in [0.4, 0.5) is 5.69 Å². The van der Waals surface area contributed by atoms with E-state index in [1.54, 1.807) is 6.20 Å². The van der Waals surface area contributed by atoms with Gasteiger partial charge in [0, 0.05) is 29.3 Å². The van der Waals surface area contributed by atoms with Crippen LogP contribution in [0.5, 0.6) is 0 Å². The molecule has 1 aromatic rings. The van der Waals surface area contributed by atoms with Gasteiger partial charge in [0.25, 0.3) is 0 Å². The first-order valence-corrected chi connectivity index (χ1v) is 5.55. The van der Waals surface area contributed by atoms with Crippen molar-refractivity contribution in [3.63, 3.8) is 0 Å². The molecule has 0 saturated carbocycles. The van der Waals surface area contributed by atoms with Crippen molar-refractivity contribution in [3.05, 3.63) is 22.4 Å². The van der Waals surface area contributed by atoms with Crippen LogP contribution in [0, 0.1) is 0 Å². The first-order valence-electron chi connectivity index (χ1n) is 4.76. The quantitative estimate of drug-likeness (QED) is 0.839. The molecule has 76 valence electrons. The number of anilines is 1. The van der Waals surface area contributed by atoms with Gasteiger partial charge in [-0.15, -0.1) is 0 Å². The molecule has 0 bridgehead atoms. The largest absolute Gasteiger partial charge is 0.397 e. The van der Waals surface area contributed by atoms with Crippen molar-refractivity contribution in [2.75, 3.05) is 18.9 Å². The monoisotopic (exact) mass is 256 g/mol. The van der Waals surface area contributed by atoms with E-state index >= 15 is 0 Å². The van der Waals surface area contributed by atoms with Gasteiger partial charge in [0.2, 0.25) is 0 Å². The minimum Gasteiger partial charge on any atom is -0.397 e. The van der Waals surface area contributed by atoms with E-state index in [-0.39, 0.29) is 0 Å².